The zero-order valence-corrected chi connectivity index (χ0v) is 14.2. The van der Waals surface area contributed by atoms with Gasteiger partial charge < -0.3 is 5.32 Å². The fourth-order valence-electron chi connectivity index (χ4n) is 2.27. The first-order chi connectivity index (χ1) is 11.5. The summed E-state index contributed by atoms with van der Waals surface area (Å²) in [7, 11) is 0. The maximum absolute atomic E-state index is 12.3. The van der Waals surface area contributed by atoms with Crippen LogP contribution in [0.5, 0.6) is 0 Å². The smallest absolute Gasteiger partial charge is 0.291 e. The van der Waals surface area contributed by atoms with Crippen molar-refractivity contribution in [2.75, 3.05) is 0 Å². The first kappa shape index (κ1) is 16.2. The molecule has 6 heteroatoms. The van der Waals surface area contributed by atoms with E-state index in [0.717, 1.165) is 11.3 Å². The van der Waals surface area contributed by atoms with Gasteiger partial charge in [-0.1, -0.05) is 41.9 Å². The Balaban J connectivity index is 2.10. The molecule has 3 aromatic rings. The zero-order chi connectivity index (χ0) is 17.1. The van der Waals surface area contributed by atoms with Gasteiger partial charge in [0.15, 0.2) is 5.82 Å². The predicted octanol–water partition coefficient (Wildman–Crippen LogP) is 3.73. The summed E-state index contributed by atoms with van der Waals surface area (Å²) in [5, 5.41) is 7.84. The third kappa shape index (κ3) is 3.46. The van der Waals surface area contributed by atoms with E-state index in [1.165, 1.54) is 0 Å². The number of halogens is 1. The quantitative estimate of drug-likeness (QED) is 0.787. The van der Waals surface area contributed by atoms with Crippen molar-refractivity contribution in [2.45, 2.75) is 19.9 Å². The second-order valence-electron chi connectivity index (χ2n) is 5.64. The minimum absolute atomic E-state index is 0.0140. The van der Waals surface area contributed by atoms with Crippen LogP contribution in [-0.2, 0) is 0 Å². The average Bonchev–Trinajstić information content (AvgIpc) is 3.01. The number of amides is 1. The van der Waals surface area contributed by atoms with Crippen LogP contribution in [0.4, 0.5) is 0 Å². The van der Waals surface area contributed by atoms with Crippen molar-refractivity contribution in [3.05, 3.63) is 65.4 Å². The Bertz CT molecular complexity index is 841. The van der Waals surface area contributed by atoms with Crippen molar-refractivity contribution < 1.29 is 4.79 Å². The minimum atomic E-state index is -0.296. The van der Waals surface area contributed by atoms with Crippen LogP contribution >= 0.6 is 11.6 Å². The molecule has 0 aliphatic rings. The van der Waals surface area contributed by atoms with Crippen molar-refractivity contribution >= 4 is 17.5 Å². The Kier molecular flexibility index (Phi) is 4.62. The van der Waals surface area contributed by atoms with Gasteiger partial charge >= 0.3 is 0 Å². The fraction of sp³-hybridized carbons (Fsp3) is 0.167. The molecule has 0 bridgehead atoms. The lowest BCUT2D eigenvalue weighted by Gasteiger charge is -2.06. The minimum Gasteiger partial charge on any atom is -0.347 e. The topological polar surface area (TPSA) is 59.8 Å². The van der Waals surface area contributed by atoms with Gasteiger partial charge in [0.1, 0.15) is 0 Å². The molecule has 1 aromatic heterocycles. The molecule has 0 aliphatic carbocycles. The van der Waals surface area contributed by atoms with Crippen molar-refractivity contribution in [1.82, 2.24) is 20.1 Å². The number of rotatable bonds is 4. The first-order valence-corrected chi connectivity index (χ1v) is 8.01. The SMILES string of the molecule is CC(C)NC(=O)c1nc(-c2ccccc2)n(-c2ccc(Cl)cc2)n1. The summed E-state index contributed by atoms with van der Waals surface area (Å²) >= 11 is 5.96. The average molecular weight is 341 g/mol. The fourth-order valence-corrected chi connectivity index (χ4v) is 2.40. The van der Waals surface area contributed by atoms with E-state index in [4.69, 9.17) is 11.6 Å². The predicted molar refractivity (Wildman–Crippen MR) is 94.4 cm³/mol. The molecule has 3 rings (SSSR count). The molecular weight excluding hydrogens is 324 g/mol. The summed E-state index contributed by atoms with van der Waals surface area (Å²) in [6.07, 6.45) is 0. The van der Waals surface area contributed by atoms with E-state index in [1.54, 1.807) is 16.8 Å². The second kappa shape index (κ2) is 6.84. The van der Waals surface area contributed by atoms with E-state index in [-0.39, 0.29) is 17.8 Å². The van der Waals surface area contributed by atoms with Gasteiger partial charge in [-0.05, 0) is 38.1 Å². The van der Waals surface area contributed by atoms with Gasteiger partial charge in [0.2, 0.25) is 5.82 Å². The van der Waals surface area contributed by atoms with Gasteiger partial charge in [-0.25, -0.2) is 9.67 Å². The van der Waals surface area contributed by atoms with Crippen molar-refractivity contribution in [3.8, 4) is 17.1 Å². The van der Waals surface area contributed by atoms with E-state index in [0.29, 0.717) is 10.8 Å². The number of carbonyl (C=O) groups is 1. The Morgan fingerprint density at radius 2 is 1.75 bits per heavy atom. The van der Waals surface area contributed by atoms with Crippen LogP contribution in [0.25, 0.3) is 17.1 Å². The van der Waals surface area contributed by atoms with E-state index < -0.39 is 0 Å². The van der Waals surface area contributed by atoms with Crippen LogP contribution < -0.4 is 5.32 Å². The molecule has 0 saturated heterocycles. The molecule has 0 radical (unpaired) electrons. The molecule has 1 heterocycles. The summed E-state index contributed by atoms with van der Waals surface area (Å²) in [6, 6.07) is 16.9. The summed E-state index contributed by atoms with van der Waals surface area (Å²) in [4.78, 5) is 16.7. The normalized spacial score (nSPS) is 10.8. The van der Waals surface area contributed by atoms with Gasteiger partial charge in [-0.15, -0.1) is 5.10 Å². The Hall–Kier alpha value is -2.66. The van der Waals surface area contributed by atoms with Gasteiger partial charge in [-0.2, -0.15) is 0 Å². The lowest BCUT2D eigenvalue weighted by atomic mass is 10.2. The highest BCUT2D eigenvalue weighted by Crippen LogP contribution is 2.22. The zero-order valence-electron chi connectivity index (χ0n) is 13.4. The van der Waals surface area contributed by atoms with Gasteiger partial charge in [-0.3, -0.25) is 4.79 Å². The van der Waals surface area contributed by atoms with Crippen LogP contribution in [0.1, 0.15) is 24.5 Å². The van der Waals surface area contributed by atoms with Crippen molar-refractivity contribution in [1.29, 1.82) is 0 Å². The van der Waals surface area contributed by atoms with E-state index in [9.17, 15) is 4.79 Å². The van der Waals surface area contributed by atoms with Crippen molar-refractivity contribution in [2.24, 2.45) is 0 Å². The maximum Gasteiger partial charge on any atom is 0.291 e. The number of hydrogen-bond acceptors (Lipinski definition) is 3. The highest BCUT2D eigenvalue weighted by Gasteiger charge is 2.19. The van der Waals surface area contributed by atoms with Crippen LogP contribution in [0, 0.1) is 0 Å². The summed E-state index contributed by atoms with van der Waals surface area (Å²) in [5.41, 5.74) is 1.66. The molecule has 0 saturated carbocycles. The molecule has 0 fully saturated rings. The molecule has 0 aliphatic heterocycles. The second-order valence-corrected chi connectivity index (χ2v) is 6.08. The number of hydrogen-bond donors (Lipinski definition) is 1. The molecule has 122 valence electrons. The summed E-state index contributed by atoms with van der Waals surface area (Å²) < 4.78 is 1.65. The van der Waals surface area contributed by atoms with Crippen LogP contribution in [0.2, 0.25) is 5.02 Å². The lowest BCUT2D eigenvalue weighted by Crippen LogP contribution is -2.31. The highest BCUT2D eigenvalue weighted by molar-refractivity contribution is 6.30. The van der Waals surface area contributed by atoms with Gasteiger partial charge in [0, 0.05) is 16.6 Å². The Labute approximate surface area is 145 Å². The van der Waals surface area contributed by atoms with Crippen LogP contribution in [0.15, 0.2) is 54.6 Å². The number of benzene rings is 2. The monoisotopic (exact) mass is 340 g/mol. The molecule has 0 atom stereocenters. The number of aromatic nitrogens is 3. The van der Waals surface area contributed by atoms with E-state index >= 15 is 0 Å². The Morgan fingerprint density at radius 3 is 2.38 bits per heavy atom. The number of nitrogens with zero attached hydrogens (tertiary/aromatic N) is 3. The molecule has 1 amide bonds. The van der Waals surface area contributed by atoms with Crippen LogP contribution in [0.3, 0.4) is 0 Å². The summed E-state index contributed by atoms with van der Waals surface area (Å²) in [6.45, 7) is 3.79. The standard InChI is InChI=1S/C18H17ClN4O/c1-12(2)20-18(24)16-21-17(13-6-4-3-5-7-13)23(22-16)15-10-8-14(19)9-11-15/h3-12H,1-2H3,(H,20,24). The van der Waals surface area contributed by atoms with E-state index in [2.05, 4.69) is 15.4 Å². The Morgan fingerprint density at radius 1 is 1.08 bits per heavy atom. The largest absolute Gasteiger partial charge is 0.347 e. The third-order valence-electron chi connectivity index (χ3n) is 3.33. The molecule has 24 heavy (non-hydrogen) atoms. The van der Waals surface area contributed by atoms with Gasteiger partial charge in [0.05, 0.1) is 5.69 Å². The number of carbonyl (C=O) groups excluding carboxylic acids is 1. The number of nitrogens with one attached hydrogen (secondary N) is 1. The van der Waals surface area contributed by atoms with Crippen LogP contribution in [-0.4, -0.2) is 26.7 Å². The molecule has 0 spiro atoms. The molecule has 2 aromatic carbocycles. The molecular formula is C18H17ClN4O. The molecule has 1 N–H and O–H groups in total. The lowest BCUT2D eigenvalue weighted by molar-refractivity contribution is 0.0932. The molecule has 0 unspecified atom stereocenters. The highest BCUT2D eigenvalue weighted by atomic mass is 35.5. The van der Waals surface area contributed by atoms with E-state index in [1.807, 2.05) is 56.3 Å². The first-order valence-electron chi connectivity index (χ1n) is 7.64. The van der Waals surface area contributed by atoms with Gasteiger partial charge in [0.25, 0.3) is 5.91 Å². The third-order valence-corrected chi connectivity index (χ3v) is 3.59. The summed E-state index contributed by atoms with van der Waals surface area (Å²) in [5.74, 6) is 0.444. The molecule has 5 nitrogen and oxygen atoms in total. The maximum atomic E-state index is 12.3. The van der Waals surface area contributed by atoms with Crippen molar-refractivity contribution in [3.63, 3.8) is 0 Å².